The minimum absolute atomic E-state index is 0. The Balaban J connectivity index is 0.000000978. The molecule has 2 aromatic carbocycles. The molecule has 0 aliphatic rings. The molecule has 12 heteroatoms. The molecule has 4 heterocycles. The van der Waals surface area contributed by atoms with E-state index < -0.39 is 0 Å². The predicted octanol–water partition coefficient (Wildman–Crippen LogP) is 7.86. The van der Waals surface area contributed by atoms with E-state index >= 15 is 0 Å². The molecule has 0 spiro atoms. The molecule has 0 saturated heterocycles. The molecule has 0 bridgehead atoms. The van der Waals surface area contributed by atoms with Gasteiger partial charge in [-0.25, -0.2) is 18.3 Å². The molecule has 0 radical (unpaired) electrons. The molecule has 88 heavy (non-hydrogen) atoms. The topological polar surface area (TPSA) is 15.5 Å². The summed E-state index contributed by atoms with van der Waals surface area (Å²) >= 11 is 14.3. The Kier molecular flexibility index (Phi) is 52.3. The smallest absolute Gasteiger partial charge is 0.169 e. The van der Waals surface area contributed by atoms with Crippen molar-refractivity contribution in [1.82, 2.24) is 0 Å². The summed E-state index contributed by atoms with van der Waals surface area (Å²) in [6.07, 6.45) is 58.7. The summed E-state index contributed by atoms with van der Waals surface area (Å²) in [6.45, 7) is 13.1. The van der Waals surface area contributed by atoms with Crippen LogP contribution in [0.2, 0.25) is 0 Å². The van der Waals surface area contributed by atoms with Crippen LogP contribution < -0.4 is 86.2 Å². The summed E-state index contributed by atoms with van der Waals surface area (Å²) in [5, 5.41) is 4.55. The summed E-state index contributed by atoms with van der Waals surface area (Å²) in [5.74, 6) is 0. The first-order chi connectivity index (χ1) is 41.2. The van der Waals surface area contributed by atoms with Crippen molar-refractivity contribution in [2.45, 2.75) is 259 Å². The van der Waals surface area contributed by atoms with Crippen molar-refractivity contribution in [1.29, 1.82) is 0 Å². The van der Waals surface area contributed by atoms with E-state index in [-0.39, 0.29) is 67.9 Å². The maximum absolute atomic E-state index is 3.59. The Labute approximate surface area is 613 Å². The highest BCUT2D eigenvalue weighted by molar-refractivity contribution is 9.09. The van der Waals surface area contributed by atoms with E-state index in [0.717, 1.165) is 47.5 Å². The van der Waals surface area contributed by atoms with Gasteiger partial charge in [0.2, 0.25) is 0 Å². The van der Waals surface area contributed by atoms with Crippen molar-refractivity contribution in [2.75, 3.05) is 21.3 Å². The number of benzene rings is 2. The van der Waals surface area contributed by atoms with Crippen LogP contribution in [0.15, 0.2) is 122 Å². The third-order valence-corrected chi connectivity index (χ3v) is 19.3. The Bertz CT molecular complexity index is 2280. The van der Waals surface area contributed by atoms with E-state index in [0.29, 0.717) is 0 Å². The lowest BCUT2D eigenvalue weighted by molar-refractivity contribution is -0.697. The highest BCUT2D eigenvalue weighted by Gasteiger charge is 2.15. The Morgan fingerprint density at radius 1 is 0.216 bits per heavy atom. The number of halogens is 8. The lowest BCUT2D eigenvalue weighted by atomic mass is 9.88. The highest BCUT2D eigenvalue weighted by Crippen LogP contribution is 2.28. The average Bonchev–Trinajstić information content (AvgIpc) is 2.99. The number of aryl methyl sites for hydroxylation is 16. The largest absolute Gasteiger partial charge is 1.00 e. The Morgan fingerprint density at radius 2 is 0.364 bits per heavy atom. The van der Waals surface area contributed by atoms with Crippen molar-refractivity contribution in [3.05, 3.63) is 189 Å². The van der Waals surface area contributed by atoms with Gasteiger partial charge in [0.15, 0.2) is 49.6 Å². The van der Waals surface area contributed by atoms with Gasteiger partial charge in [0.1, 0.15) is 26.2 Å². The molecule has 4 aromatic heterocycles. The molecular weight excluding hydrogens is 1610 g/mol. The van der Waals surface area contributed by atoms with Gasteiger partial charge >= 0.3 is 0 Å². The third-order valence-electron chi connectivity index (χ3n) is 17.0. The van der Waals surface area contributed by atoms with Gasteiger partial charge in [-0.05, 0) is 249 Å². The zero-order chi connectivity index (χ0) is 59.7. The quantitative estimate of drug-likeness (QED) is 0.0211. The molecule has 0 unspecified atom stereocenters. The fourth-order valence-corrected chi connectivity index (χ4v) is 13.2. The van der Waals surface area contributed by atoms with E-state index in [2.05, 4.69) is 232 Å². The highest BCUT2D eigenvalue weighted by atomic mass is 79.9. The molecule has 0 fully saturated rings. The summed E-state index contributed by atoms with van der Waals surface area (Å²) in [4.78, 5) is 0. The van der Waals surface area contributed by atoms with Gasteiger partial charge in [-0.15, -0.1) is 0 Å². The molecule has 0 atom stereocenters. The lowest BCUT2D eigenvalue weighted by Gasteiger charge is -2.17. The van der Waals surface area contributed by atoms with Crippen LogP contribution in [0.1, 0.15) is 221 Å². The predicted molar refractivity (Wildman–Crippen MR) is 374 cm³/mol. The molecule has 0 aliphatic carbocycles. The second kappa shape index (κ2) is 54.2. The van der Waals surface area contributed by atoms with E-state index in [4.69, 9.17) is 0 Å². The first-order valence-corrected chi connectivity index (χ1v) is 38.0. The number of nitrogens with zero attached hydrogens (tertiary/aromatic N) is 4. The van der Waals surface area contributed by atoms with Crippen molar-refractivity contribution < 1.29 is 86.2 Å². The van der Waals surface area contributed by atoms with Gasteiger partial charge in [0.25, 0.3) is 0 Å². The molecule has 0 N–H and O–H groups in total. The average molecular weight is 1720 g/mol. The van der Waals surface area contributed by atoms with Crippen LogP contribution in [0.25, 0.3) is 0 Å². The Morgan fingerprint density at radius 3 is 0.511 bits per heavy atom. The van der Waals surface area contributed by atoms with Crippen LogP contribution in [0.3, 0.4) is 0 Å². The molecule has 6 rings (SSSR count). The zero-order valence-electron chi connectivity index (χ0n) is 54.6. The maximum atomic E-state index is 3.59. The number of unbranched alkanes of at least 4 members (excludes halogenated alkanes) is 16. The summed E-state index contributed by atoms with van der Waals surface area (Å²) in [7, 11) is 0. The summed E-state index contributed by atoms with van der Waals surface area (Å²) in [6, 6.07) is 28.4. The van der Waals surface area contributed by atoms with Gasteiger partial charge in [-0.1, -0.05) is 114 Å². The van der Waals surface area contributed by atoms with Crippen molar-refractivity contribution >= 4 is 63.7 Å². The fraction of sp³-hybridized carbons (Fsp3) is 0.579. The van der Waals surface area contributed by atoms with E-state index in [9.17, 15) is 0 Å². The molecule has 0 amide bonds. The second-order valence-electron chi connectivity index (χ2n) is 24.5. The molecule has 492 valence electrons. The number of alkyl halides is 4. The monoisotopic (exact) mass is 1710 g/mol. The molecule has 0 aliphatic heterocycles. The minimum Gasteiger partial charge on any atom is -1.00 e. The first kappa shape index (κ1) is 84.9. The first-order valence-electron chi connectivity index (χ1n) is 33.5. The Hall–Kier alpha value is -1.12. The number of pyridine rings is 4. The van der Waals surface area contributed by atoms with Crippen LogP contribution >= 0.6 is 63.7 Å². The van der Waals surface area contributed by atoms with Crippen LogP contribution in [0, 0.1) is 27.7 Å². The number of hydrogen-bond donors (Lipinski definition) is 0. The van der Waals surface area contributed by atoms with Crippen LogP contribution in [0.5, 0.6) is 0 Å². The van der Waals surface area contributed by atoms with Gasteiger partial charge < -0.3 is 67.9 Å². The number of hydrogen-bond acceptors (Lipinski definition) is 0. The van der Waals surface area contributed by atoms with Crippen molar-refractivity contribution in [3.8, 4) is 0 Å². The number of rotatable bonds is 44. The van der Waals surface area contributed by atoms with E-state index in [1.807, 2.05) is 0 Å². The molecular formula is C76H112Br8N4. The normalized spacial score (nSPS) is 10.8. The van der Waals surface area contributed by atoms with Crippen molar-refractivity contribution in [3.63, 3.8) is 0 Å². The molecule has 6 aromatic rings. The van der Waals surface area contributed by atoms with Gasteiger partial charge in [0, 0.05) is 95.5 Å². The second-order valence-corrected chi connectivity index (χ2v) is 27.6. The molecule has 4 nitrogen and oxygen atoms in total. The van der Waals surface area contributed by atoms with Gasteiger partial charge in [-0.3, -0.25) is 0 Å². The summed E-state index contributed by atoms with van der Waals surface area (Å²) in [5.41, 5.74) is 18.5. The minimum atomic E-state index is 0. The molecule has 0 saturated carbocycles. The third kappa shape index (κ3) is 37.1. The van der Waals surface area contributed by atoms with E-state index in [1.54, 1.807) is 44.5 Å². The van der Waals surface area contributed by atoms with Gasteiger partial charge in [-0.2, -0.15) is 0 Å². The lowest BCUT2D eigenvalue weighted by Crippen LogP contribution is -3.00. The van der Waals surface area contributed by atoms with Crippen LogP contribution in [-0.2, 0) is 77.5 Å². The standard InChI is InChI=1S/C50H70N4.C26H42Br4.4BrH/c1-43-21-33-51(34-22-43)29-13-5-9-17-47-41-49(19-11-7-15-31-53-37-25-45(3)26-38-53)50(20-12-8-16-32-54-39-27-46(4)28-40-54)42-48(47)18-10-6-14-30-52-35-23-44(2)24-36-52;27-17-9-1-5-13-23-21-25(15-7-3-11-19-29)26(16-8-4-12-20-30)22-24(23)14-6-2-10-18-28;;;;/h21-28,33-42H,5-20,29-32H2,1-4H3;21-22H,1-20H2;4*1H/q+4;;;;;/p-4. The van der Waals surface area contributed by atoms with Gasteiger partial charge in [0.05, 0.1) is 0 Å². The van der Waals surface area contributed by atoms with Crippen LogP contribution in [-0.4, -0.2) is 21.3 Å². The maximum Gasteiger partial charge on any atom is 0.169 e. The van der Waals surface area contributed by atoms with Crippen LogP contribution in [0.4, 0.5) is 0 Å². The summed E-state index contributed by atoms with van der Waals surface area (Å²) < 4.78 is 9.38. The van der Waals surface area contributed by atoms with Crippen molar-refractivity contribution in [2.24, 2.45) is 0 Å². The van der Waals surface area contributed by atoms with E-state index in [1.165, 1.54) is 228 Å². The number of aromatic nitrogens is 4. The fourth-order valence-electron chi connectivity index (χ4n) is 11.7. The SMILES string of the molecule is BrCCCCCc1cc(CCCCCBr)c(CCCCCBr)cc1CCCCCBr.Cc1cc[n+](CCCCCc2cc(CCCCC[n+]3ccc(C)cc3)c(CCCCC[n+]3ccc(C)cc3)cc2CCCCC[n+]2ccc(C)cc2)cc1.[Br-].[Br-].[Br-].[Br-]. The zero-order valence-corrected chi connectivity index (χ0v) is 67.3.